The summed E-state index contributed by atoms with van der Waals surface area (Å²) >= 11 is 5.56. The van der Waals surface area contributed by atoms with Crippen molar-refractivity contribution in [2.45, 2.75) is 32.5 Å². The molecular formula is C13H16ClF3N2O. The van der Waals surface area contributed by atoms with Gasteiger partial charge in [-0.3, -0.25) is 4.79 Å². The van der Waals surface area contributed by atoms with E-state index in [2.05, 4.69) is 5.32 Å². The summed E-state index contributed by atoms with van der Waals surface area (Å²) in [6.45, 7) is 3.61. The van der Waals surface area contributed by atoms with Gasteiger partial charge in [0.25, 0.3) is 0 Å². The summed E-state index contributed by atoms with van der Waals surface area (Å²) in [7, 11) is 0. The van der Waals surface area contributed by atoms with Crippen LogP contribution in [0.2, 0.25) is 5.02 Å². The second-order valence-electron chi connectivity index (χ2n) is 4.59. The number of benzene rings is 1. The molecule has 7 heteroatoms. The highest BCUT2D eigenvalue weighted by Crippen LogP contribution is 2.36. The molecule has 1 aromatic rings. The van der Waals surface area contributed by atoms with Crippen LogP contribution >= 0.6 is 11.6 Å². The molecule has 0 bridgehead atoms. The van der Waals surface area contributed by atoms with Crippen molar-refractivity contribution in [1.29, 1.82) is 0 Å². The van der Waals surface area contributed by atoms with Crippen molar-refractivity contribution in [2.24, 2.45) is 11.7 Å². The summed E-state index contributed by atoms with van der Waals surface area (Å²) < 4.78 is 38.6. The zero-order chi connectivity index (χ0) is 15.5. The van der Waals surface area contributed by atoms with Gasteiger partial charge in [0.1, 0.15) is 0 Å². The molecule has 3 nitrogen and oxygen atoms in total. The number of carbonyl (C=O) groups is 1. The zero-order valence-electron chi connectivity index (χ0n) is 11.1. The molecular weight excluding hydrogens is 293 g/mol. The summed E-state index contributed by atoms with van der Waals surface area (Å²) in [5.41, 5.74) is 4.36. The van der Waals surface area contributed by atoms with E-state index in [-0.39, 0.29) is 16.6 Å². The second-order valence-corrected chi connectivity index (χ2v) is 5.02. The maximum absolute atomic E-state index is 12.9. The SMILES string of the molecule is CCC(C)C(N)C(=O)Nc1ccc(Cl)cc1C(F)(F)F. The molecule has 0 saturated carbocycles. The van der Waals surface area contributed by atoms with Crippen LogP contribution in [0.1, 0.15) is 25.8 Å². The molecule has 1 rings (SSSR count). The van der Waals surface area contributed by atoms with Crippen LogP contribution < -0.4 is 11.1 Å². The number of anilines is 1. The van der Waals surface area contributed by atoms with Crippen molar-refractivity contribution in [3.8, 4) is 0 Å². The molecule has 2 unspecified atom stereocenters. The fraction of sp³-hybridized carbons (Fsp3) is 0.462. The monoisotopic (exact) mass is 308 g/mol. The topological polar surface area (TPSA) is 55.1 Å². The van der Waals surface area contributed by atoms with E-state index in [0.29, 0.717) is 6.42 Å². The Balaban J connectivity index is 3.01. The lowest BCUT2D eigenvalue weighted by molar-refractivity contribution is -0.137. The van der Waals surface area contributed by atoms with Gasteiger partial charge >= 0.3 is 6.18 Å². The molecule has 0 fully saturated rings. The lowest BCUT2D eigenvalue weighted by Gasteiger charge is -2.20. The molecule has 1 aromatic carbocycles. The minimum absolute atomic E-state index is 0.0541. The summed E-state index contributed by atoms with van der Waals surface area (Å²) in [5.74, 6) is -0.774. The van der Waals surface area contributed by atoms with E-state index in [4.69, 9.17) is 17.3 Å². The Hall–Kier alpha value is -1.27. The van der Waals surface area contributed by atoms with Gasteiger partial charge in [0, 0.05) is 5.02 Å². The lowest BCUT2D eigenvalue weighted by atomic mass is 9.99. The Morgan fingerprint density at radius 3 is 2.55 bits per heavy atom. The predicted octanol–water partition coefficient (Wildman–Crippen LogP) is 3.67. The first-order chi connectivity index (χ1) is 9.16. The third-order valence-electron chi connectivity index (χ3n) is 3.10. The van der Waals surface area contributed by atoms with Crippen molar-refractivity contribution >= 4 is 23.2 Å². The number of amides is 1. The van der Waals surface area contributed by atoms with Gasteiger partial charge < -0.3 is 11.1 Å². The molecule has 0 spiro atoms. The molecule has 3 N–H and O–H groups in total. The van der Waals surface area contributed by atoms with Crippen LogP contribution in [0.5, 0.6) is 0 Å². The Kier molecular flexibility index (Phi) is 5.42. The summed E-state index contributed by atoms with van der Waals surface area (Å²) in [6, 6.07) is 2.30. The molecule has 0 aliphatic heterocycles. The highest BCUT2D eigenvalue weighted by Gasteiger charge is 2.34. The van der Waals surface area contributed by atoms with E-state index < -0.39 is 23.7 Å². The van der Waals surface area contributed by atoms with Crippen molar-refractivity contribution in [2.75, 3.05) is 5.32 Å². The van der Waals surface area contributed by atoms with Gasteiger partial charge in [-0.1, -0.05) is 31.9 Å². The van der Waals surface area contributed by atoms with Gasteiger partial charge in [-0.15, -0.1) is 0 Å². The third-order valence-corrected chi connectivity index (χ3v) is 3.34. The number of nitrogens with two attached hydrogens (primary N) is 1. The largest absolute Gasteiger partial charge is 0.418 e. The fourth-order valence-electron chi connectivity index (χ4n) is 1.59. The first-order valence-electron chi connectivity index (χ1n) is 6.10. The normalized spacial score (nSPS) is 14.8. The highest BCUT2D eigenvalue weighted by atomic mass is 35.5. The fourth-order valence-corrected chi connectivity index (χ4v) is 1.76. The van der Waals surface area contributed by atoms with Crippen molar-refractivity contribution in [3.63, 3.8) is 0 Å². The second kappa shape index (κ2) is 6.45. The maximum Gasteiger partial charge on any atom is 0.418 e. The van der Waals surface area contributed by atoms with Crippen LogP contribution in [-0.4, -0.2) is 11.9 Å². The molecule has 0 aliphatic carbocycles. The minimum Gasteiger partial charge on any atom is -0.324 e. The van der Waals surface area contributed by atoms with E-state index in [1.807, 2.05) is 6.92 Å². The van der Waals surface area contributed by atoms with Crippen LogP contribution in [0.4, 0.5) is 18.9 Å². The summed E-state index contributed by atoms with van der Waals surface area (Å²) in [5, 5.41) is 2.16. The Morgan fingerprint density at radius 1 is 1.45 bits per heavy atom. The Bertz CT molecular complexity index is 491. The minimum atomic E-state index is -4.60. The molecule has 0 aromatic heterocycles. The number of hydrogen-bond acceptors (Lipinski definition) is 2. The molecule has 0 saturated heterocycles. The van der Waals surface area contributed by atoms with Crippen molar-refractivity contribution in [3.05, 3.63) is 28.8 Å². The van der Waals surface area contributed by atoms with Gasteiger partial charge in [-0.25, -0.2) is 0 Å². The van der Waals surface area contributed by atoms with E-state index in [1.165, 1.54) is 6.07 Å². The first kappa shape index (κ1) is 16.8. The average molecular weight is 309 g/mol. The lowest BCUT2D eigenvalue weighted by Crippen LogP contribution is -2.41. The van der Waals surface area contributed by atoms with Gasteiger partial charge in [-0.2, -0.15) is 13.2 Å². The van der Waals surface area contributed by atoms with Crippen LogP contribution in [0.3, 0.4) is 0 Å². The van der Waals surface area contributed by atoms with E-state index in [9.17, 15) is 18.0 Å². The molecule has 1 amide bonds. The van der Waals surface area contributed by atoms with E-state index >= 15 is 0 Å². The van der Waals surface area contributed by atoms with Crippen molar-refractivity contribution < 1.29 is 18.0 Å². The quantitative estimate of drug-likeness (QED) is 0.891. The number of halogens is 4. The van der Waals surface area contributed by atoms with Crippen LogP contribution in [0, 0.1) is 5.92 Å². The zero-order valence-corrected chi connectivity index (χ0v) is 11.8. The number of carbonyl (C=O) groups excluding carboxylic acids is 1. The molecule has 0 aliphatic rings. The van der Waals surface area contributed by atoms with Crippen LogP contribution in [0.25, 0.3) is 0 Å². The number of rotatable bonds is 4. The van der Waals surface area contributed by atoms with Gasteiger partial charge in [0.15, 0.2) is 0 Å². The number of nitrogens with one attached hydrogen (secondary N) is 1. The molecule has 0 heterocycles. The van der Waals surface area contributed by atoms with Crippen LogP contribution in [-0.2, 0) is 11.0 Å². The van der Waals surface area contributed by atoms with Gasteiger partial charge in [-0.05, 0) is 24.1 Å². The van der Waals surface area contributed by atoms with Gasteiger partial charge in [0.05, 0.1) is 17.3 Å². The first-order valence-corrected chi connectivity index (χ1v) is 6.47. The Labute approximate surface area is 120 Å². The molecule has 2 atom stereocenters. The molecule has 20 heavy (non-hydrogen) atoms. The highest BCUT2D eigenvalue weighted by molar-refractivity contribution is 6.30. The van der Waals surface area contributed by atoms with E-state index in [1.54, 1.807) is 6.92 Å². The molecule has 112 valence electrons. The summed E-state index contributed by atoms with van der Waals surface area (Å²) in [6.07, 6.45) is -3.95. The third kappa shape index (κ3) is 4.11. The molecule has 0 radical (unpaired) electrons. The van der Waals surface area contributed by atoms with Gasteiger partial charge in [0.2, 0.25) is 5.91 Å². The van der Waals surface area contributed by atoms with Crippen LogP contribution in [0.15, 0.2) is 18.2 Å². The summed E-state index contributed by atoms with van der Waals surface area (Å²) in [4.78, 5) is 11.8. The van der Waals surface area contributed by atoms with E-state index in [0.717, 1.165) is 12.1 Å². The maximum atomic E-state index is 12.9. The predicted molar refractivity (Wildman–Crippen MR) is 72.5 cm³/mol. The van der Waals surface area contributed by atoms with Crippen molar-refractivity contribution in [1.82, 2.24) is 0 Å². The smallest absolute Gasteiger partial charge is 0.324 e. The number of hydrogen-bond donors (Lipinski definition) is 2. The number of alkyl halides is 3. The standard InChI is InChI=1S/C13H16ClF3N2O/c1-3-7(2)11(18)12(20)19-10-5-4-8(14)6-9(10)13(15,16)17/h4-7,11H,3,18H2,1-2H3,(H,19,20). The average Bonchev–Trinajstić information content (AvgIpc) is 2.37. The Morgan fingerprint density at radius 2 is 2.05 bits per heavy atom.